The van der Waals surface area contributed by atoms with Gasteiger partial charge in [0.15, 0.2) is 6.61 Å². The van der Waals surface area contributed by atoms with Crippen molar-refractivity contribution in [3.63, 3.8) is 0 Å². The van der Waals surface area contributed by atoms with Crippen LogP contribution in [-0.4, -0.2) is 48.3 Å². The number of para-hydroxylation sites is 2. The molecule has 0 fully saturated rings. The van der Waals surface area contributed by atoms with E-state index in [2.05, 4.69) is 5.32 Å². The van der Waals surface area contributed by atoms with Gasteiger partial charge in [0.25, 0.3) is 17.7 Å². The number of amides is 3. The zero-order valence-corrected chi connectivity index (χ0v) is 17.4. The molecule has 1 heterocycles. The molecule has 0 bridgehead atoms. The first kappa shape index (κ1) is 22.0. The summed E-state index contributed by atoms with van der Waals surface area (Å²) in [5.74, 6) is -1.95. The van der Waals surface area contributed by atoms with Crippen molar-refractivity contribution in [2.75, 3.05) is 19.0 Å². The Morgan fingerprint density at radius 2 is 1.61 bits per heavy atom. The van der Waals surface area contributed by atoms with Gasteiger partial charge in [-0.3, -0.25) is 19.3 Å². The number of nitrogens with one attached hydrogen (secondary N) is 1. The number of nitrogens with zero attached hydrogens (tertiary/aromatic N) is 1. The Balaban J connectivity index is 1.69. The monoisotopic (exact) mass is 424 g/mol. The Morgan fingerprint density at radius 3 is 2.23 bits per heavy atom. The van der Waals surface area contributed by atoms with E-state index in [-0.39, 0.29) is 17.5 Å². The van der Waals surface area contributed by atoms with Crippen molar-refractivity contribution in [2.45, 2.75) is 32.2 Å². The number of anilines is 1. The largest absolute Gasteiger partial charge is 0.495 e. The third-order valence-corrected chi connectivity index (χ3v) is 4.97. The Morgan fingerprint density at radius 1 is 1.00 bits per heavy atom. The van der Waals surface area contributed by atoms with E-state index in [0.29, 0.717) is 17.9 Å². The molecule has 162 valence electrons. The molecule has 0 aliphatic carbocycles. The van der Waals surface area contributed by atoms with Gasteiger partial charge in [-0.05, 0) is 30.7 Å². The molecule has 0 radical (unpaired) electrons. The molecule has 0 saturated carbocycles. The molecule has 0 saturated heterocycles. The molecule has 0 aromatic heterocycles. The van der Waals surface area contributed by atoms with Crippen LogP contribution in [0.2, 0.25) is 0 Å². The molecule has 8 nitrogen and oxygen atoms in total. The molecule has 31 heavy (non-hydrogen) atoms. The Kier molecular flexibility index (Phi) is 7.02. The molecular weight excluding hydrogens is 400 g/mol. The number of methoxy groups -OCH3 is 1. The standard InChI is InChI=1S/C23H24N2O6/c1-3-4-12-18(25-21(27)15-9-5-6-10-16(15)22(25)28)23(29)31-14-20(26)24-17-11-7-8-13-19(17)30-2/h5-11,13,18H,3-4,12,14H2,1-2H3,(H,24,26)/t18-/m0/s1. The second-order valence-electron chi connectivity index (χ2n) is 7.04. The summed E-state index contributed by atoms with van der Waals surface area (Å²) < 4.78 is 10.4. The van der Waals surface area contributed by atoms with Gasteiger partial charge < -0.3 is 14.8 Å². The van der Waals surface area contributed by atoms with Gasteiger partial charge in [0.2, 0.25) is 0 Å². The zero-order chi connectivity index (χ0) is 22.4. The predicted octanol–water partition coefficient (Wildman–Crippen LogP) is 3.03. The second kappa shape index (κ2) is 9.88. The quantitative estimate of drug-likeness (QED) is 0.490. The number of hydrogen-bond acceptors (Lipinski definition) is 6. The molecule has 1 atom stereocenters. The van der Waals surface area contributed by atoms with Crippen molar-refractivity contribution < 1.29 is 28.7 Å². The van der Waals surface area contributed by atoms with Crippen molar-refractivity contribution in [3.05, 3.63) is 59.7 Å². The van der Waals surface area contributed by atoms with Crippen molar-refractivity contribution in [3.8, 4) is 5.75 Å². The van der Waals surface area contributed by atoms with Crippen LogP contribution in [-0.2, 0) is 14.3 Å². The van der Waals surface area contributed by atoms with E-state index in [9.17, 15) is 19.2 Å². The summed E-state index contributed by atoms with van der Waals surface area (Å²) in [5, 5.41) is 2.61. The highest BCUT2D eigenvalue weighted by atomic mass is 16.5. The normalized spacial score (nSPS) is 13.5. The third-order valence-electron chi connectivity index (χ3n) is 4.97. The predicted molar refractivity (Wildman–Crippen MR) is 113 cm³/mol. The average Bonchev–Trinajstić information content (AvgIpc) is 3.03. The number of benzene rings is 2. The van der Waals surface area contributed by atoms with E-state index >= 15 is 0 Å². The van der Waals surface area contributed by atoms with Crippen LogP contribution in [0.4, 0.5) is 5.69 Å². The second-order valence-corrected chi connectivity index (χ2v) is 7.04. The summed E-state index contributed by atoms with van der Waals surface area (Å²) in [4.78, 5) is 51.5. The first-order valence-corrected chi connectivity index (χ1v) is 10.0. The fourth-order valence-corrected chi connectivity index (χ4v) is 3.41. The van der Waals surface area contributed by atoms with Crippen LogP contribution in [0.25, 0.3) is 0 Å². The summed E-state index contributed by atoms with van der Waals surface area (Å²) in [6, 6.07) is 12.2. The van der Waals surface area contributed by atoms with Crippen LogP contribution >= 0.6 is 0 Å². The molecule has 8 heteroatoms. The highest BCUT2D eigenvalue weighted by molar-refractivity contribution is 6.22. The van der Waals surface area contributed by atoms with Crippen LogP contribution in [0.5, 0.6) is 5.75 Å². The molecule has 3 amide bonds. The minimum absolute atomic E-state index is 0.259. The van der Waals surface area contributed by atoms with Crippen molar-refractivity contribution in [2.24, 2.45) is 0 Å². The Labute approximate surface area is 180 Å². The molecule has 1 aliphatic heterocycles. The highest BCUT2D eigenvalue weighted by Crippen LogP contribution is 2.27. The lowest BCUT2D eigenvalue weighted by Gasteiger charge is -2.24. The van der Waals surface area contributed by atoms with E-state index in [4.69, 9.17) is 9.47 Å². The minimum atomic E-state index is -1.09. The molecule has 0 spiro atoms. The number of rotatable bonds is 9. The van der Waals surface area contributed by atoms with Gasteiger partial charge >= 0.3 is 5.97 Å². The van der Waals surface area contributed by atoms with Crippen molar-refractivity contribution >= 4 is 29.4 Å². The van der Waals surface area contributed by atoms with Gasteiger partial charge in [-0.1, -0.05) is 44.0 Å². The summed E-state index contributed by atoms with van der Waals surface area (Å²) in [6.07, 6.45) is 1.64. The van der Waals surface area contributed by atoms with Crippen LogP contribution in [0.1, 0.15) is 46.9 Å². The lowest BCUT2D eigenvalue weighted by Crippen LogP contribution is -2.46. The molecular formula is C23H24N2O6. The number of fused-ring (bicyclic) bond motifs is 1. The van der Waals surface area contributed by atoms with Gasteiger partial charge in [0.05, 0.1) is 23.9 Å². The summed E-state index contributed by atoms with van der Waals surface area (Å²) in [6.45, 7) is 1.38. The molecule has 2 aromatic carbocycles. The van der Waals surface area contributed by atoms with Crippen LogP contribution in [0.3, 0.4) is 0 Å². The van der Waals surface area contributed by atoms with Gasteiger partial charge in [-0.2, -0.15) is 0 Å². The number of esters is 1. The Hall–Kier alpha value is -3.68. The van der Waals surface area contributed by atoms with E-state index in [1.54, 1.807) is 48.5 Å². The maximum absolute atomic E-state index is 12.8. The number of carbonyl (C=O) groups excluding carboxylic acids is 4. The fraction of sp³-hybridized carbons (Fsp3) is 0.304. The van der Waals surface area contributed by atoms with Crippen LogP contribution in [0.15, 0.2) is 48.5 Å². The van der Waals surface area contributed by atoms with E-state index in [1.165, 1.54) is 7.11 Å². The molecule has 1 aliphatic rings. The van der Waals surface area contributed by atoms with E-state index in [1.807, 2.05) is 6.92 Å². The maximum atomic E-state index is 12.8. The van der Waals surface area contributed by atoms with Crippen LogP contribution < -0.4 is 10.1 Å². The number of imide groups is 1. The van der Waals surface area contributed by atoms with Gasteiger partial charge in [-0.15, -0.1) is 0 Å². The molecule has 0 unspecified atom stereocenters. The minimum Gasteiger partial charge on any atom is -0.495 e. The number of ether oxygens (including phenoxy) is 2. The Bertz CT molecular complexity index is 968. The SMILES string of the molecule is CCCC[C@@H](C(=O)OCC(=O)Nc1ccccc1OC)N1C(=O)c2ccccc2C1=O. The van der Waals surface area contributed by atoms with E-state index < -0.39 is 36.3 Å². The lowest BCUT2D eigenvalue weighted by atomic mass is 10.1. The van der Waals surface area contributed by atoms with Crippen molar-refractivity contribution in [1.29, 1.82) is 0 Å². The summed E-state index contributed by atoms with van der Waals surface area (Å²) >= 11 is 0. The first-order chi connectivity index (χ1) is 15.0. The molecule has 2 aromatic rings. The van der Waals surface area contributed by atoms with E-state index in [0.717, 1.165) is 11.3 Å². The first-order valence-electron chi connectivity index (χ1n) is 10.0. The number of unbranched alkanes of at least 4 members (excludes halogenated alkanes) is 1. The lowest BCUT2D eigenvalue weighted by molar-refractivity contribution is -0.151. The number of hydrogen-bond donors (Lipinski definition) is 1. The molecule has 1 N–H and O–H groups in total. The van der Waals surface area contributed by atoms with Gasteiger partial charge in [-0.25, -0.2) is 4.79 Å². The summed E-state index contributed by atoms with van der Waals surface area (Å²) in [5.41, 5.74) is 0.959. The zero-order valence-electron chi connectivity index (χ0n) is 17.4. The highest BCUT2D eigenvalue weighted by Gasteiger charge is 2.43. The smallest absolute Gasteiger partial charge is 0.329 e. The third kappa shape index (κ3) is 4.74. The maximum Gasteiger partial charge on any atom is 0.329 e. The van der Waals surface area contributed by atoms with Crippen molar-refractivity contribution in [1.82, 2.24) is 4.90 Å². The van der Waals surface area contributed by atoms with Gasteiger partial charge in [0.1, 0.15) is 11.8 Å². The average molecular weight is 424 g/mol. The summed E-state index contributed by atoms with van der Waals surface area (Å²) in [7, 11) is 1.48. The topological polar surface area (TPSA) is 102 Å². The molecule has 3 rings (SSSR count). The number of carbonyl (C=O) groups is 4. The van der Waals surface area contributed by atoms with Gasteiger partial charge in [0, 0.05) is 0 Å². The fourth-order valence-electron chi connectivity index (χ4n) is 3.41. The van der Waals surface area contributed by atoms with Crippen LogP contribution in [0, 0.1) is 0 Å².